The number of nitrogens with one attached hydrogen (secondary N) is 1. The molecule has 1 aliphatic carbocycles. The second kappa shape index (κ2) is 15.7. The van der Waals surface area contributed by atoms with Gasteiger partial charge in [-0.25, -0.2) is 4.98 Å². The van der Waals surface area contributed by atoms with Gasteiger partial charge >= 0.3 is 0 Å². The molecule has 5 atom stereocenters. The van der Waals surface area contributed by atoms with Gasteiger partial charge in [0.15, 0.2) is 11.9 Å². The molecule has 0 spiro atoms. The van der Waals surface area contributed by atoms with Crippen LogP contribution in [-0.2, 0) is 29.5 Å². The molecule has 0 radical (unpaired) electrons. The third-order valence-corrected chi connectivity index (χ3v) is 8.27. The summed E-state index contributed by atoms with van der Waals surface area (Å²) in [5, 5.41) is 61.5. The van der Waals surface area contributed by atoms with Crippen molar-refractivity contribution in [2.45, 2.75) is 63.6 Å². The Morgan fingerprint density at radius 3 is 2.53 bits per heavy atom. The highest BCUT2D eigenvalue weighted by Crippen LogP contribution is 2.39. The maximum Gasteiger partial charge on any atom is 0.183 e. The summed E-state index contributed by atoms with van der Waals surface area (Å²) in [7, 11) is 0. The Balaban J connectivity index is 1.32. The molecule has 6 N–H and O–H groups in total. The van der Waals surface area contributed by atoms with Crippen LogP contribution in [-0.4, -0.2) is 74.2 Å². The van der Waals surface area contributed by atoms with Gasteiger partial charge < -0.3 is 45.2 Å². The second-order valence-corrected chi connectivity index (χ2v) is 11.6. The van der Waals surface area contributed by atoms with E-state index in [0.717, 1.165) is 34.4 Å². The number of ether oxygens (including phenoxy) is 2. The number of halogens is 1. The summed E-state index contributed by atoms with van der Waals surface area (Å²) in [4.78, 5) is 14.7. The molecule has 5 rings (SSSR count). The molecule has 3 aromatic rings. The third kappa shape index (κ3) is 8.10. The molecule has 1 aromatic heterocycles. The zero-order valence-corrected chi connectivity index (χ0v) is 26.3. The van der Waals surface area contributed by atoms with E-state index >= 15 is 0 Å². The number of benzene rings is 2. The van der Waals surface area contributed by atoms with E-state index < -0.39 is 31.0 Å². The highest BCUT2D eigenvalue weighted by molar-refractivity contribution is 6.32. The van der Waals surface area contributed by atoms with Gasteiger partial charge in [-0.3, -0.25) is 0 Å². The normalized spacial score (nSPS) is 17.9. The van der Waals surface area contributed by atoms with E-state index in [0.29, 0.717) is 27.8 Å². The fourth-order valence-electron chi connectivity index (χ4n) is 5.20. The molecule has 1 fully saturated rings. The Morgan fingerprint density at radius 2 is 1.79 bits per heavy atom. The van der Waals surface area contributed by atoms with Crippen molar-refractivity contribution in [1.29, 1.82) is 5.26 Å². The van der Waals surface area contributed by atoms with Crippen molar-refractivity contribution >= 4 is 17.2 Å². The molecule has 2 aromatic carbocycles. The lowest BCUT2D eigenvalue weighted by Crippen LogP contribution is -2.48. The largest absolute Gasteiger partial charge is 0.487 e. The molecular weight excluding hydrogens is 630 g/mol. The van der Waals surface area contributed by atoms with Crippen LogP contribution in [0.4, 0.5) is 0 Å². The molecule has 1 saturated heterocycles. The Morgan fingerprint density at radius 1 is 1.02 bits per heavy atom. The predicted octanol–water partition coefficient (Wildman–Crippen LogP) is 2.60. The average molecular weight is 666 g/mol. The summed E-state index contributed by atoms with van der Waals surface area (Å²) in [5.74, 6) is 1.57. The van der Waals surface area contributed by atoms with Crippen LogP contribution in [0, 0.1) is 18.3 Å². The first-order valence-electron chi connectivity index (χ1n) is 15.0. The number of rotatable bonds is 15. The molecule has 12 nitrogen and oxygen atoms in total. The molecule has 0 bridgehead atoms. The lowest BCUT2D eigenvalue weighted by molar-refractivity contribution is -0.375. The van der Waals surface area contributed by atoms with Crippen LogP contribution in [0.5, 0.6) is 11.5 Å². The van der Waals surface area contributed by atoms with Gasteiger partial charge in [0.05, 0.1) is 23.4 Å². The molecular formula is C34H36ClN3O9. The zero-order chi connectivity index (χ0) is 33.5. The second-order valence-electron chi connectivity index (χ2n) is 11.2. The van der Waals surface area contributed by atoms with E-state index in [1.54, 1.807) is 30.3 Å². The van der Waals surface area contributed by atoms with Crippen molar-refractivity contribution in [2.24, 2.45) is 0 Å². The summed E-state index contributed by atoms with van der Waals surface area (Å²) in [6, 6.07) is 16.3. The van der Waals surface area contributed by atoms with Crippen LogP contribution in [0.2, 0.25) is 5.02 Å². The van der Waals surface area contributed by atoms with Gasteiger partial charge in [-0.15, -0.1) is 0 Å². The minimum atomic E-state index is -1.74. The van der Waals surface area contributed by atoms with Gasteiger partial charge in [0.25, 0.3) is 0 Å². The summed E-state index contributed by atoms with van der Waals surface area (Å²) in [6.07, 6.45) is -1.70. The van der Waals surface area contributed by atoms with Crippen molar-refractivity contribution in [3.05, 3.63) is 105 Å². The molecule has 13 heteroatoms. The van der Waals surface area contributed by atoms with Crippen LogP contribution in [0.25, 0.3) is 5.57 Å². The van der Waals surface area contributed by atoms with Crippen LogP contribution in [0.3, 0.4) is 0 Å². The van der Waals surface area contributed by atoms with Gasteiger partial charge in [-0.1, -0.05) is 48.0 Å². The number of allylic oxidation sites excluding steroid dienone is 2. The smallest absolute Gasteiger partial charge is 0.183 e. The Kier molecular flexibility index (Phi) is 11.5. The van der Waals surface area contributed by atoms with Crippen LogP contribution in [0.1, 0.15) is 40.1 Å². The molecule has 1 unspecified atom stereocenters. The molecule has 47 heavy (non-hydrogen) atoms. The maximum absolute atomic E-state index is 10.3. The minimum Gasteiger partial charge on any atom is -0.487 e. The first-order valence-corrected chi connectivity index (χ1v) is 15.4. The zero-order valence-electron chi connectivity index (χ0n) is 25.5. The van der Waals surface area contributed by atoms with Crippen LogP contribution in [0.15, 0.2) is 66.4 Å². The number of hydrogen-bond acceptors (Lipinski definition) is 12. The molecule has 1 aliphatic heterocycles. The van der Waals surface area contributed by atoms with E-state index in [2.05, 4.69) is 16.4 Å². The van der Waals surface area contributed by atoms with Gasteiger partial charge in [0.1, 0.15) is 54.8 Å². The van der Waals surface area contributed by atoms with Crippen LogP contribution < -0.4 is 14.8 Å². The molecule has 2 heterocycles. The maximum atomic E-state index is 10.3. The Hall–Kier alpha value is -4.03. The van der Waals surface area contributed by atoms with E-state index in [-0.39, 0.29) is 38.1 Å². The lowest BCUT2D eigenvalue weighted by Gasteiger charge is -2.32. The van der Waals surface area contributed by atoms with E-state index in [1.165, 1.54) is 0 Å². The summed E-state index contributed by atoms with van der Waals surface area (Å²) in [6.45, 7) is 1.45. The predicted molar refractivity (Wildman–Crippen MR) is 170 cm³/mol. The van der Waals surface area contributed by atoms with Gasteiger partial charge in [-0.2, -0.15) is 10.1 Å². The van der Waals surface area contributed by atoms with Crippen molar-refractivity contribution in [3.8, 4) is 17.6 Å². The summed E-state index contributed by atoms with van der Waals surface area (Å²) in [5.41, 5.74) is 5.31. The van der Waals surface area contributed by atoms with Gasteiger partial charge in [0, 0.05) is 36.7 Å². The number of pyridine rings is 1. The number of aliphatic hydroxyl groups is 5. The van der Waals surface area contributed by atoms with Crippen molar-refractivity contribution in [1.82, 2.24) is 10.3 Å². The molecule has 0 saturated carbocycles. The molecule has 0 amide bonds. The fraction of sp³-hybridized carbons (Fsp3) is 0.353. The van der Waals surface area contributed by atoms with E-state index in [9.17, 15) is 25.7 Å². The highest BCUT2D eigenvalue weighted by Gasteiger charge is 2.34. The topological polar surface area (TPSA) is 187 Å². The first kappa shape index (κ1) is 34.3. The highest BCUT2D eigenvalue weighted by atomic mass is 35.5. The molecule has 2 aliphatic rings. The summed E-state index contributed by atoms with van der Waals surface area (Å²) >= 11 is 6.67. The molecule has 248 valence electrons. The van der Waals surface area contributed by atoms with Crippen molar-refractivity contribution < 1.29 is 44.8 Å². The minimum absolute atomic E-state index is 0.0368. The number of hydrogen-bond donors (Lipinski definition) is 6. The standard InChI is InChI=1S/C34H36ClN3O9/c1-19-20(5-2-8-24(19)25-9-4-10-29-34(25)47-46-29)17-44-31-12-30(45-18-23-7-3-6-22(13-36)38-23)21(11-26(31)35)14-37-15-27(40)32(42)33(43)28(41)16-39/h2-9,11-12,27-29,32-33,37,39-43H,10,14-18H2,1H3/t27-,28+,29?,32+,33+/m0/s1. The quantitative estimate of drug-likeness (QED) is 0.131. The Labute approximate surface area is 276 Å². The summed E-state index contributed by atoms with van der Waals surface area (Å²) < 4.78 is 12.3. The van der Waals surface area contributed by atoms with Crippen LogP contribution >= 0.6 is 11.6 Å². The van der Waals surface area contributed by atoms with E-state index in [4.69, 9.17) is 36.0 Å². The number of nitriles is 1. The van der Waals surface area contributed by atoms with Gasteiger partial charge in [0.2, 0.25) is 0 Å². The number of fused-ring (bicyclic) bond motifs is 1. The number of aliphatic hydroxyl groups excluding tert-OH is 5. The SMILES string of the molecule is Cc1c(COc2cc(OCc3cccc(C#N)n3)c(CNC[C@H](O)[C@@H](O)[C@H](O)[C@H](O)CO)cc2Cl)cccc1C1=C2OOC2CC=C1. The fourth-order valence-corrected chi connectivity index (χ4v) is 5.44. The number of aromatic nitrogens is 1. The Bertz CT molecular complexity index is 1670. The third-order valence-electron chi connectivity index (χ3n) is 7.97. The van der Waals surface area contributed by atoms with Crippen molar-refractivity contribution in [3.63, 3.8) is 0 Å². The monoisotopic (exact) mass is 665 g/mol. The lowest BCUT2D eigenvalue weighted by atomic mass is 9.91. The number of nitrogens with zero attached hydrogens (tertiary/aromatic N) is 2. The van der Waals surface area contributed by atoms with Crippen molar-refractivity contribution in [2.75, 3.05) is 13.2 Å². The first-order chi connectivity index (χ1) is 22.7. The average Bonchev–Trinajstić information content (AvgIpc) is 3.07. The van der Waals surface area contributed by atoms with E-state index in [1.807, 2.05) is 37.3 Å². The van der Waals surface area contributed by atoms with Gasteiger partial charge in [-0.05, 0) is 41.8 Å².